The second-order valence-electron chi connectivity index (χ2n) is 7.00. The van der Waals surface area contributed by atoms with Crippen LogP contribution in [0, 0.1) is 12.8 Å². The molecule has 26 heavy (non-hydrogen) atoms. The molecule has 0 bridgehead atoms. The van der Waals surface area contributed by atoms with E-state index in [9.17, 15) is 9.59 Å². The number of nitrogens with one attached hydrogen (secondary N) is 2. The highest BCUT2D eigenvalue weighted by atomic mass is 16.2. The van der Waals surface area contributed by atoms with E-state index in [1.165, 1.54) is 0 Å². The number of aryl methyl sites for hydroxylation is 1. The van der Waals surface area contributed by atoms with Crippen LogP contribution < -0.4 is 10.6 Å². The third-order valence-electron chi connectivity index (χ3n) is 4.74. The van der Waals surface area contributed by atoms with E-state index < -0.39 is 0 Å². The van der Waals surface area contributed by atoms with Gasteiger partial charge >= 0.3 is 6.03 Å². The number of carbonyl (C=O) groups is 2. The van der Waals surface area contributed by atoms with Crippen LogP contribution in [0.1, 0.15) is 35.7 Å². The minimum atomic E-state index is -0.306. The zero-order valence-corrected chi connectivity index (χ0v) is 15.3. The highest BCUT2D eigenvalue weighted by Crippen LogP contribution is 2.19. The number of hydrogen-bond donors (Lipinski definition) is 2. The molecular formula is C21H25N3O2. The second-order valence-corrected chi connectivity index (χ2v) is 7.00. The van der Waals surface area contributed by atoms with Gasteiger partial charge < -0.3 is 15.5 Å². The Morgan fingerprint density at radius 3 is 2.27 bits per heavy atom. The van der Waals surface area contributed by atoms with Gasteiger partial charge in [-0.3, -0.25) is 4.79 Å². The molecule has 0 saturated carbocycles. The third kappa shape index (κ3) is 4.63. The first kappa shape index (κ1) is 18.0. The van der Waals surface area contributed by atoms with Crippen LogP contribution in [0.15, 0.2) is 48.5 Å². The number of likely N-dealkylation sites (tertiary alicyclic amines) is 1. The number of carbonyl (C=O) groups excluding carboxylic acids is 2. The molecular weight excluding hydrogens is 326 g/mol. The standard InChI is InChI=1S/C21H25N3O2/c1-15-10-12-24(13-11-15)20(25)17-6-8-18(9-7-17)22-21(26)23-19-5-3-4-16(2)14-19/h3-9,14-15H,10-13H2,1-2H3,(H2,22,23,26). The maximum absolute atomic E-state index is 12.5. The molecule has 5 heteroatoms. The fourth-order valence-electron chi connectivity index (χ4n) is 3.11. The van der Waals surface area contributed by atoms with Gasteiger partial charge in [0, 0.05) is 30.0 Å². The SMILES string of the molecule is Cc1cccc(NC(=O)Nc2ccc(C(=O)N3CCC(C)CC3)cc2)c1. The van der Waals surface area contributed by atoms with Gasteiger partial charge in [0.25, 0.3) is 5.91 Å². The fraction of sp³-hybridized carbons (Fsp3) is 0.333. The van der Waals surface area contributed by atoms with Crippen LogP contribution in [-0.2, 0) is 0 Å². The van der Waals surface area contributed by atoms with E-state index in [1.807, 2.05) is 36.1 Å². The first-order valence-electron chi connectivity index (χ1n) is 9.05. The summed E-state index contributed by atoms with van der Waals surface area (Å²) in [5, 5.41) is 5.59. The number of nitrogens with zero attached hydrogens (tertiary/aromatic N) is 1. The van der Waals surface area contributed by atoms with Crippen molar-refractivity contribution in [2.45, 2.75) is 26.7 Å². The van der Waals surface area contributed by atoms with Gasteiger partial charge in [0.05, 0.1) is 0 Å². The predicted molar refractivity (Wildman–Crippen MR) is 105 cm³/mol. The smallest absolute Gasteiger partial charge is 0.323 e. The first-order chi connectivity index (χ1) is 12.5. The van der Waals surface area contributed by atoms with E-state index in [4.69, 9.17) is 0 Å². The molecule has 0 radical (unpaired) electrons. The summed E-state index contributed by atoms with van der Waals surface area (Å²) in [6.45, 7) is 5.84. The summed E-state index contributed by atoms with van der Waals surface area (Å²) < 4.78 is 0. The minimum absolute atomic E-state index is 0.0627. The Labute approximate surface area is 154 Å². The lowest BCUT2D eigenvalue weighted by atomic mass is 9.98. The van der Waals surface area contributed by atoms with Crippen molar-refractivity contribution in [2.75, 3.05) is 23.7 Å². The Kier molecular flexibility index (Phi) is 5.56. The van der Waals surface area contributed by atoms with Crippen molar-refractivity contribution >= 4 is 23.3 Å². The molecule has 2 N–H and O–H groups in total. The molecule has 2 aromatic carbocycles. The molecule has 136 valence electrons. The van der Waals surface area contributed by atoms with Crippen molar-refractivity contribution in [3.05, 3.63) is 59.7 Å². The monoisotopic (exact) mass is 351 g/mol. The number of rotatable bonds is 3. The largest absolute Gasteiger partial charge is 0.339 e. The van der Waals surface area contributed by atoms with Gasteiger partial charge in [-0.15, -0.1) is 0 Å². The Morgan fingerprint density at radius 1 is 0.962 bits per heavy atom. The average Bonchev–Trinajstić information content (AvgIpc) is 2.62. The molecule has 1 fully saturated rings. The average molecular weight is 351 g/mol. The summed E-state index contributed by atoms with van der Waals surface area (Å²) in [4.78, 5) is 26.5. The highest BCUT2D eigenvalue weighted by molar-refractivity contribution is 6.00. The van der Waals surface area contributed by atoms with E-state index in [0.29, 0.717) is 17.2 Å². The number of anilines is 2. The van der Waals surface area contributed by atoms with Gasteiger partial charge in [-0.25, -0.2) is 4.79 Å². The van der Waals surface area contributed by atoms with Crippen LogP contribution in [0.3, 0.4) is 0 Å². The van der Waals surface area contributed by atoms with E-state index in [2.05, 4.69) is 17.6 Å². The third-order valence-corrected chi connectivity index (χ3v) is 4.74. The lowest BCUT2D eigenvalue weighted by Crippen LogP contribution is -2.37. The van der Waals surface area contributed by atoms with Crippen LogP contribution in [0.4, 0.5) is 16.2 Å². The lowest BCUT2D eigenvalue weighted by molar-refractivity contribution is 0.0697. The summed E-state index contributed by atoms with van der Waals surface area (Å²) in [7, 11) is 0. The van der Waals surface area contributed by atoms with Crippen molar-refractivity contribution in [1.29, 1.82) is 0 Å². The maximum atomic E-state index is 12.5. The molecule has 1 heterocycles. The minimum Gasteiger partial charge on any atom is -0.339 e. The van der Waals surface area contributed by atoms with E-state index in [0.717, 1.165) is 37.2 Å². The molecule has 2 aromatic rings. The maximum Gasteiger partial charge on any atom is 0.323 e. The molecule has 5 nitrogen and oxygen atoms in total. The number of hydrogen-bond acceptors (Lipinski definition) is 2. The normalized spacial score (nSPS) is 14.8. The molecule has 3 amide bonds. The Morgan fingerprint density at radius 2 is 1.62 bits per heavy atom. The molecule has 0 spiro atoms. The molecule has 0 aromatic heterocycles. The summed E-state index contributed by atoms with van der Waals surface area (Å²) in [5.74, 6) is 0.755. The summed E-state index contributed by atoms with van der Waals surface area (Å²) in [5.41, 5.74) is 3.13. The number of piperidine rings is 1. The Bertz CT molecular complexity index is 778. The van der Waals surface area contributed by atoms with Crippen LogP contribution in [0.5, 0.6) is 0 Å². The van der Waals surface area contributed by atoms with Gasteiger partial charge in [0.2, 0.25) is 0 Å². The molecule has 1 aliphatic rings. The molecule has 0 aliphatic carbocycles. The van der Waals surface area contributed by atoms with Gasteiger partial charge in [-0.05, 0) is 67.6 Å². The molecule has 0 unspecified atom stereocenters. The van der Waals surface area contributed by atoms with Crippen LogP contribution >= 0.6 is 0 Å². The number of urea groups is 1. The zero-order valence-electron chi connectivity index (χ0n) is 15.3. The number of benzene rings is 2. The molecule has 3 rings (SSSR count). The molecule has 1 aliphatic heterocycles. The zero-order chi connectivity index (χ0) is 18.5. The Hall–Kier alpha value is -2.82. The van der Waals surface area contributed by atoms with Crippen molar-refractivity contribution in [1.82, 2.24) is 4.90 Å². The van der Waals surface area contributed by atoms with E-state index in [-0.39, 0.29) is 11.9 Å². The van der Waals surface area contributed by atoms with Gasteiger partial charge in [-0.2, -0.15) is 0 Å². The van der Waals surface area contributed by atoms with E-state index in [1.54, 1.807) is 24.3 Å². The Balaban J connectivity index is 1.57. The van der Waals surface area contributed by atoms with Gasteiger partial charge in [0.1, 0.15) is 0 Å². The van der Waals surface area contributed by atoms with Gasteiger partial charge in [-0.1, -0.05) is 19.1 Å². The quantitative estimate of drug-likeness (QED) is 0.854. The lowest BCUT2D eigenvalue weighted by Gasteiger charge is -2.30. The first-order valence-corrected chi connectivity index (χ1v) is 9.05. The summed E-state index contributed by atoms with van der Waals surface area (Å²) >= 11 is 0. The summed E-state index contributed by atoms with van der Waals surface area (Å²) in [6.07, 6.45) is 2.12. The predicted octanol–water partition coefficient (Wildman–Crippen LogP) is 4.51. The second kappa shape index (κ2) is 8.04. The van der Waals surface area contributed by atoms with Crippen LogP contribution in [0.2, 0.25) is 0 Å². The molecule has 1 saturated heterocycles. The van der Waals surface area contributed by atoms with E-state index >= 15 is 0 Å². The number of amides is 3. The van der Waals surface area contributed by atoms with Crippen molar-refractivity contribution < 1.29 is 9.59 Å². The van der Waals surface area contributed by atoms with Crippen molar-refractivity contribution in [2.24, 2.45) is 5.92 Å². The van der Waals surface area contributed by atoms with Crippen molar-refractivity contribution in [3.8, 4) is 0 Å². The van der Waals surface area contributed by atoms with Crippen LogP contribution in [0.25, 0.3) is 0 Å². The topological polar surface area (TPSA) is 61.4 Å². The van der Waals surface area contributed by atoms with Crippen LogP contribution in [-0.4, -0.2) is 29.9 Å². The van der Waals surface area contributed by atoms with Gasteiger partial charge in [0.15, 0.2) is 0 Å². The summed E-state index contributed by atoms with van der Waals surface area (Å²) in [6, 6.07) is 14.4. The fourth-order valence-corrected chi connectivity index (χ4v) is 3.11. The molecule has 0 atom stereocenters. The highest BCUT2D eigenvalue weighted by Gasteiger charge is 2.21. The van der Waals surface area contributed by atoms with Crippen molar-refractivity contribution in [3.63, 3.8) is 0 Å².